The van der Waals surface area contributed by atoms with Crippen LogP contribution in [0.2, 0.25) is 0 Å². The highest BCUT2D eigenvalue weighted by Crippen LogP contribution is 2.22. The molecule has 0 aromatic heterocycles. The third-order valence-corrected chi connectivity index (χ3v) is 11.9. The summed E-state index contributed by atoms with van der Waals surface area (Å²) in [6.07, 6.45) is 45.9. The molecule has 0 atom stereocenters. The second-order valence-electron chi connectivity index (χ2n) is 17.5. The minimum Gasteiger partial charge on any atom is -0.302 e. The molecule has 0 aliphatic carbocycles. The average Bonchev–Trinajstić information content (AvgIpc) is 3.18. The number of nitrogens with zero attached hydrogens (tertiary/aromatic N) is 2. The molecule has 2 aromatic carbocycles. The summed E-state index contributed by atoms with van der Waals surface area (Å²) in [7, 11) is 4.57. The molecule has 2 rings (SSSR count). The molecule has 0 spiro atoms. The van der Waals surface area contributed by atoms with E-state index in [0.717, 1.165) is 13.1 Å². The Balaban J connectivity index is 1.43. The summed E-state index contributed by atoms with van der Waals surface area (Å²) in [5.74, 6) is 0. The molecule has 0 amide bonds. The Kier molecular flexibility index (Phi) is 32.1. The zero-order chi connectivity index (χ0) is 38.6. The quantitative estimate of drug-likeness (QED) is 0.0629. The predicted molar refractivity (Wildman–Crippen MR) is 244 cm³/mol. The van der Waals surface area contributed by atoms with E-state index >= 15 is 0 Å². The fourth-order valence-corrected chi connectivity index (χ4v) is 8.25. The van der Waals surface area contributed by atoms with E-state index in [0.29, 0.717) is 0 Å². The standard InChI is InChI=1S/C52H92N2/c1-5-7-9-11-13-15-17-19-21-23-25-27-29-31-33-35-45-53(3)47-49-37-41-51(42-38-49)52-43-39-50(40-44-52)48-54(4)46-36-34-32-30-28-26-24-22-20-18-16-14-12-10-8-6-2/h37-44H,5-36,45-48H2,1-4H3. The van der Waals surface area contributed by atoms with E-state index in [1.165, 1.54) is 241 Å². The molecule has 0 saturated heterocycles. The Bertz CT molecular complexity index is 958. The Morgan fingerprint density at radius 3 is 0.704 bits per heavy atom. The molecule has 0 unspecified atom stereocenters. The average molecular weight is 745 g/mol. The molecule has 0 aliphatic heterocycles. The minimum absolute atomic E-state index is 1.05. The molecule has 0 radical (unpaired) electrons. The molecule has 0 fully saturated rings. The molecule has 0 N–H and O–H groups in total. The van der Waals surface area contributed by atoms with Gasteiger partial charge in [0.2, 0.25) is 0 Å². The topological polar surface area (TPSA) is 6.48 Å². The molecule has 2 aromatic rings. The van der Waals surface area contributed by atoms with E-state index in [2.05, 4.69) is 86.3 Å². The van der Waals surface area contributed by atoms with Gasteiger partial charge in [0, 0.05) is 13.1 Å². The highest BCUT2D eigenvalue weighted by Gasteiger charge is 2.05. The first-order valence-corrected chi connectivity index (χ1v) is 24.2. The second-order valence-corrected chi connectivity index (χ2v) is 17.5. The third-order valence-electron chi connectivity index (χ3n) is 11.9. The van der Waals surface area contributed by atoms with Gasteiger partial charge in [-0.1, -0.05) is 255 Å². The van der Waals surface area contributed by atoms with Crippen LogP contribution in [-0.4, -0.2) is 37.0 Å². The van der Waals surface area contributed by atoms with Crippen molar-refractivity contribution in [1.29, 1.82) is 0 Å². The smallest absolute Gasteiger partial charge is 0.0230 e. The lowest BCUT2D eigenvalue weighted by Crippen LogP contribution is -2.19. The third kappa shape index (κ3) is 27.9. The monoisotopic (exact) mass is 745 g/mol. The van der Waals surface area contributed by atoms with Crippen molar-refractivity contribution in [2.24, 2.45) is 0 Å². The van der Waals surface area contributed by atoms with Gasteiger partial charge in [-0.05, 0) is 62.3 Å². The summed E-state index contributed by atoms with van der Waals surface area (Å²) in [6.45, 7) is 9.11. The number of rotatable bonds is 39. The van der Waals surface area contributed by atoms with Gasteiger partial charge in [-0.3, -0.25) is 0 Å². The Hall–Kier alpha value is -1.64. The first-order chi connectivity index (χ1) is 26.6. The lowest BCUT2D eigenvalue weighted by molar-refractivity contribution is 0.316. The summed E-state index contributed by atoms with van der Waals surface area (Å²) < 4.78 is 0. The molecule has 2 nitrogen and oxygen atoms in total. The van der Waals surface area contributed by atoms with Gasteiger partial charge in [-0.15, -0.1) is 0 Å². The van der Waals surface area contributed by atoms with Crippen molar-refractivity contribution >= 4 is 0 Å². The lowest BCUT2D eigenvalue weighted by atomic mass is 10.0. The molecule has 2 heteroatoms. The van der Waals surface area contributed by atoms with Crippen LogP contribution in [0.1, 0.15) is 230 Å². The van der Waals surface area contributed by atoms with Gasteiger partial charge in [-0.2, -0.15) is 0 Å². The van der Waals surface area contributed by atoms with Crippen LogP contribution in [0.4, 0.5) is 0 Å². The van der Waals surface area contributed by atoms with Crippen LogP contribution < -0.4 is 0 Å². The van der Waals surface area contributed by atoms with E-state index in [1.807, 2.05) is 0 Å². The van der Waals surface area contributed by atoms with E-state index in [9.17, 15) is 0 Å². The van der Waals surface area contributed by atoms with Crippen molar-refractivity contribution < 1.29 is 0 Å². The summed E-state index contributed by atoms with van der Waals surface area (Å²) in [5, 5.41) is 0. The Morgan fingerprint density at radius 1 is 0.278 bits per heavy atom. The van der Waals surface area contributed by atoms with E-state index < -0.39 is 0 Å². The van der Waals surface area contributed by atoms with Gasteiger partial charge in [0.05, 0.1) is 0 Å². The normalized spacial score (nSPS) is 11.7. The van der Waals surface area contributed by atoms with Gasteiger partial charge in [0.25, 0.3) is 0 Å². The maximum Gasteiger partial charge on any atom is 0.0230 e. The van der Waals surface area contributed by atoms with E-state index in [-0.39, 0.29) is 0 Å². The summed E-state index contributed by atoms with van der Waals surface area (Å²) in [4.78, 5) is 5.01. The molecule has 0 bridgehead atoms. The molecule has 54 heavy (non-hydrogen) atoms. The van der Waals surface area contributed by atoms with Crippen LogP contribution in [0, 0.1) is 0 Å². The number of benzene rings is 2. The maximum absolute atomic E-state index is 2.50. The maximum atomic E-state index is 2.50. The van der Waals surface area contributed by atoms with Crippen LogP contribution in [0.25, 0.3) is 11.1 Å². The highest BCUT2D eigenvalue weighted by molar-refractivity contribution is 5.64. The van der Waals surface area contributed by atoms with Crippen molar-refractivity contribution in [3.05, 3.63) is 59.7 Å². The van der Waals surface area contributed by atoms with Gasteiger partial charge in [0.15, 0.2) is 0 Å². The molecule has 0 saturated carbocycles. The second kappa shape index (κ2) is 35.8. The van der Waals surface area contributed by atoms with Crippen LogP contribution in [0.15, 0.2) is 48.5 Å². The SMILES string of the molecule is CCCCCCCCCCCCCCCCCCN(C)Cc1ccc(-c2ccc(CN(C)CCCCCCCCCCCCCCCCCC)cc2)cc1. The lowest BCUT2D eigenvalue weighted by Gasteiger charge is -2.17. The van der Waals surface area contributed by atoms with Crippen molar-refractivity contribution in [2.45, 2.75) is 232 Å². The largest absolute Gasteiger partial charge is 0.302 e. The van der Waals surface area contributed by atoms with Gasteiger partial charge >= 0.3 is 0 Å². The molecular formula is C52H92N2. The minimum atomic E-state index is 1.05. The number of unbranched alkanes of at least 4 members (excludes halogenated alkanes) is 30. The Labute approximate surface area is 339 Å². The first-order valence-electron chi connectivity index (χ1n) is 24.2. The fourth-order valence-electron chi connectivity index (χ4n) is 8.25. The van der Waals surface area contributed by atoms with Crippen LogP contribution in [0.5, 0.6) is 0 Å². The summed E-state index contributed by atoms with van der Waals surface area (Å²) >= 11 is 0. The fraction of sp³-hybridized carbons (Fsp3) is 0.769. The van der Waals surface area contributed by atoms with Crippen molar-refractivity contribution in [3.63, 3.8) is 0 Å². The zero-order valence-corrected chi connectivity index (χ0v) is 37.0. The highest BCUT2D eigenvalue weighted by atomic mass is 15.1. The van der Waals surface area contributed by atoms with Crippen LogP contribution >= 0.6 is 0 Å². The molecular weight excluding hydrogens is 653 g/mol. The molecule has 0 heterocycles. The van der Waals surface area contributed by atoms with E-state index in [4.69, 9.17) is 0 Å². The molecule has 0 aliphatic rings. The van der Waals surface area contributed by atoms with Gasteiger partial charge in [0.1, 0.15) is 0 Å². The number of hydrogen-bond donors (Lipinski definition) is 0. The van der Waals surface area contributed by atoms with Gasteiger partial charge in [-0.25, -0.2) is 0 Å². The van der Waals surface area contributed by atoms with Crippen LogP contribution in [0.3, 0.4) is 0 Å². The first kappa shape index (κ1) is 48.5. The summed E-state index contributed by atoms with van der Waals surface area (Å²) in [5.41, 5.74) is 5.50. The van der Waals surface area contributed by atoms with Crippen molar-refractivity contribution in [3.8, 4) is 11.1 Å². The van der Waals surface area contributed by atoms with Gasteiger partial charge < -0.3 is 9.80 Å². The van der Waals surface area contributed by atoms with E-state index in [1.54, 1.807) is 0 Å². The predicted octanol–water partition coefficient (Wildman–Crippen LogP) is 16.7. The van der Waals surface area contributed by atoms with Crippen molar-refractivity contribution in [1.82, 2.24) is 9.80 Å². The summed E-state index contributed by atoms with van der Waals surface area (Å²) in [6, 6.07) is 18.6. The molecule has 310 valence electrons. The number of hydrogen-bond acceptors (Lipinski definition) is 2. The zero-order valence-electron chi connectivity index (χ0n) is 37.0. The van der Waals surface area contributed by atoms with Crippen LogP contribution in [-0.2, 0) is 13.1 Å². The Morgan fingerprint density at radius 2 is 0.481 bits per heavy atom. The van der Waals surface area contributed by atoms with Crippen molar-refractivity contribution in [2.75, 3.05) is 27.2 Å².